The second-order valence-corrected chi connectivity index (χ2v) is 7.16. The van der Waals surface area contributed by atoms with Crippen LogP contribution in [-0.2, 0) is 6.42 Å². The number of benzene rings is 2. The minimum Gasteiger partial charge on any atom is -0.354 e. The van der Waals surface area contributed by atoms with E-state index < -0.39 is 4.92 Å². The third-order valence-corrected chi connectivity index (χ3v) is 5.37. The Morgan fingerprint density at radius 1 is 1.07 bits per heavy atom. The second kappa shape index (κ2) is 8.25. The summed E-state index contributed by atoms with van der Waals surface area (Å²) in [6.07, 6.45) is 1.03. The molecule has 7 nitrogen and oxygen atoms in total. The summed E-state index contributed by atoms with van der Waals surface area (Å²) in [5, 5.41) is 21.1. The first-order chi connectivity index (χ1) is 14.1. The van der Waals surface area contributed by atoms with E-state index in [1.165, 1.54) is 17.7 Å². The molecule has 0 amide bonds. The second-order valence-electron chi connectivity index (χ2n) is 7.16. The molecule has 1 aliphatic rings. The highest BCUT2D eigenvalue weighted by atomic mass is 16.6. The lowest BCUT2D eigenvalue weighted by molar-refractivity contribution is -0.384. The third kappa shape index (κ3) is 4.18. The van der Waals surface area contributed by atoms with Crippen molar-refractivity contribution in [3.63, 3.8) is 0 Å². The molecule has 0 unspecified atom stereocenters. The molecule has 146 valence electrons. The molecular weight excluding hydrogens is 366 g/mol. The number of nitro groups is 1. The van der Waals surface area contributed by atoms with Crippen molar-refractivity contribution in [3.05, 3.63) is 75.8 Å². The summed E-state index contributed by atoms with van der Waals surface area (Å²) < 4.78 is 0. The molecule has 0 aliphatic carbocycles. The molecule has 0 radical (unpaired) electrons. The number of hydrogen-bond donors (Lipinski definition) is 0. The van der Waals surface area contributed by atoms with Gasteiger partial charge < -0.3 is 4.90 Å². The number of hydrogen-bond acceptors (Lipinski definition) is 6. The van der Waals surface area contributed by atoms with E-state index in [4.69, 9.17) is 0 Å². The lowest BCUT2D eigenvalue weighted by Crippen LogP contribution is -2.47. The zero-order chi connectivity index (χ0) is 20.2. The molecule has 7 heteroatoms. The zero-order valence-corrected chi connectivity index (χ0v) is 16.0. The maximum atomic E-state index is 11.0. The number of nitro benzene ring substituents is 1. The van der Waals surface area contributed by atoms with Crippen molar-refractivity contribution in [1.29, 1.82) is 5.26 Å². The van der Waals surface area contributed by atoms with Gasteiger partial charge in [-0.3, -0.25) is 15.0 Å². The Bertz CT molecular complexity index is 1070. The normalized spacial score (nSPS) is 14.7. The van der Waals surface area contributed by atoms with Crippen LogP contribution >= 0.6 is 0 Å². The van der Waals surface area contributed by atoms with Crippen molar-refractivity contribution in [2.75, 3.05) is 37.6 Å². The highest BCUT2D eigenvalue weighted by Crippen LogP contribution is 2.26. The highest BCUT2D eigenvalue weighted by Gasteiger charge is 2.20. The summed E-state index contributed by atoms with van der Waals surface area (Å²) in [6.45, 7) is 4.58. The molecular formula is C22H21N5O2. The van der Waals surface area contributed by atoms with Gasteiger partial charge in [-0.2, -0.15) is 5.26 Å². The molecule has 1 aliphatic heterocycles. The van der Waals surface area contributed by atoms with Crippen LogP contribution in [0.3, 0.4) is 0 Å². The summed E-state index contributed by atoms with van der Waals surface area (Å²) in [5.41, 5.74) is 2.34. The number of nitriles is 1. The van der Waals surface area contributed by atoms with Crippen molar-refractivity contribution < 1.29 is 4.92 Å². The van der Waals surface area contributed by atoms with Crippen LogP contribution in [0.1, 0.15) is 11.1 Å². The summed E-state index contributed by atoms with van der Waals surface area (Å²) >= 11 is 0. The molecule has 3 aromatic rings. The van der Waals surface area contributed by atoms with E-state index in [0.29, 0.717) is 16.5 Å². The molecule has 0 atom stereocenters. The van der Waals surface area contributed by atoms with E-state index in [-0.39, 0.29) is 5.69 Å². The minimum atomic E-state index is -0.455. The van der Waals surface area contributed by atoms with Gasteiger partial charge in [-0.25, -0.2) is 4.98 Å². The quantitative estimate of drug-likeness (QED) is 0.493. The predicted octanol–water partition coefficient (Wildman–Crippen LogP) is 3.38. The van der Waals surface area contributed by atoms with Crippen molar-refractivity contribution in [3.8, 4) is 6.07 Å². The number of non-ortho nitro benzene ring substituents is 1. The molecule has 0 N–H and O–H groups in total. The van der Waals surface area contributed by atoms with Gasteiger partial charge >= 0.3 is 0 Å². The lowest BCUT2D eigenvalue weighted by atomic mass is 10.1. The number of rotatable bonds is 5. The van der Waals surface area contributed by atoms with Crippen molar-refractivity contribution in [2.45, 2.75) is 6.42 Å². The van der Waals surface area contributed by atoms with Crippen LogP contribution in [0.5, 0.6) is 0 Å². The van der Waals surface area contributed by atoms with Gasteiger partial charge in [-0.05, 0) is 24.1 Å². The molecule has 29 heavy (non-hydrogen) atoms. The van der Waals surface area contributed by atoms with Gasteiger partial charge in [-0.1, -0.05) is 30.3 Å². The van der Waals surface area contributed by atoms with Gasteiger partial charge in [0, 0.05) is 50.2 Å². The molecule has 1 fully saturated rings. The smallest absolute Gasteiger partial charge is 0.270 e. The van der Waals surface area contributed by atoms with Crippen LogP contribution in [0.15, 0.2) is 54.6 Å². The van der Waals surface area contributed by atoms with Crippen LogP contribution in [0, 0.1) is 21.4 Å². The van der Waals surface area contributed by atoms with Crippen molar-refractivity contribution >= 4 is 22.4 Å². The van der Waals surface area contributed by atoms with Gasteiger partial charge in [-0.15, -0.1) is 0 Å². The molecule has 0 saturated carbocycles. The Labute approximate surface area is 169 Å². The number of aromatic nitrogens is 1. The first-order valence-electron chi connectivity index (χ1n) is 9.64. The summed E-state index contributed by atoms with van der Waals surface area (Å²) in [5.74, 6) is 0.755. The van der Waals surface area contributed by atoms with Gasteiger partial charge in [0.1, 0.15) is 5.82 Å². The average Bonchev–Trinajstić information content (AvgIpc) is 2.77. The molecule has 0 spiro atoms. The first kappa shape index (κ1) is 18.8. The van der Waals surface area contributed by atoms with Crippen molar-refractivity contribution in [1.82, 2.24) is 9.88 Å². The number of fused-ring (bicyclic) bond motifs is 1. The van der Waals surface area contributed by atoms with Crippen LogP contribution in [0.4, 0.5) is 11.5 Å². The highest BCUT2D eigenvalue weighted by molar-refractivity contribution is 5.88. The number of pyridine rings is 1. The van der Waals surface area contributed by atoms with E-state index in [2.05, 4.69) is 45.1 Å². The molecule has 0 bridgehead atoms. The monoisotopic (exact) mass is 387 g/mol. The average molecular weight is 387 g/mol. The van der Waals surface area contributed by atoms with E-state index >= 15 is 0 Å². The lowest BCUT2D eigenvalue weighted by Gasteiger charge is -2.35. The fourth-order valence-corrected chi connectivity index (χ4v) is 3.70. The number of nitrogens with zero attached hydrogens (tertiary/aromatic N) is 5. The Kier molecular flexibility index (Phi) is 5.36. The Morgan fingerprint density at radius 3 is 2.52 bits per heavy atom. The van der Waals surface area contributed by atoms with Gasteiger partial charge in [0.2, 0.25) is 0 Å². The topological polar surface area (TPSA) is 86.3 Å². The minimum absolute atomic E-state index is 0.0319. The molecule has 4 rings (SSSR count). The maximum Gasteiger partial charge on any atom is 0.270 e. The van der Waals surface area contributed by atoms with E-state index in [1.54, 1.807) is 12.1 Å². The van der Waals surface area contributed by atoms with Crippen molar-refractivity contribution in [2.24, 2.45) is 0 Å². The van der Waals surface area contributed by atoms with Crippen LogP contribution < -0.4 is 4.90 Å². The molecule has 2 heterocycles. The standard InChI is InChI=1S/C22H21N5O2/c23-16-18-14-22(24-21-7-6-19(27(28)29)15-20(18)21)26-12-10-25(11-13-26)9-8-17-4-2-1-3-5-17/h1-7,14-15H,8-13H2. The van der Waals surface area contributed by atoms with Crippen LogP contribution in [0.2, 0.25) is 0 Å². The Morgan fingerprint density at radius 2 is 1.83 bits per heavy atom. The number of anilines is 1. The van der Waals surface area contributed by atoms with Crippen LogP contribution in [0.25, 0.3) is 10.9 Å². The molecule has 2 aromatic carbocycles. The molecule has 1 aromatic heterocycles. The Balaban J connectivity index is 1.46. The van der Waals surface area contributed by atoms with Crippen LogP contribution in [-0.4, -0.2) is 47.5 Å². The SMILES string of the molecule is N#Cc1cc(N2CCN(CCc3ccccc3)CC2)nc2ccc([N+](=O)[O-])cc12. The van der Waals surface area contributed by atoms with E-state index in [0.717, 1.165) is 45.0 Å². The summed E-state index contributed by atoms with van der Waals surface area (Å²) in [6, 6.07) is 18.9. The van der Waals surface area contributed by atoms with E-state index in [9.17, 15) is 15.4 Å². The zero-order valence-electron chi connectivity index (χ0n) is 16.0. The maximum absolute atomic E-state index is 11.0. The van der Waals surface area contributed by atoms with Gasteiger partial charge in [0.05, 0.1) is 22.1 Å². The largest absolute Gasteiger partial charge is 0.354 e. The van der Waals surface area contributed by atoms with Gasteiger partial charge in [0.15, 0.2) is 0 Å². The van der Waals surface area contributed by atoms with E-state index in [1.807, 2.05) is 6.07 Å². The number of piperazine rings is 1. The van der Waals surface area contributed by atoms with Gasteiger partial charge in [0.25, 0.3) is 5.69 Å². The summed E-state index contributed by atoms with van der Waals surface area (Å²) in [4.78, 5) is 19.9. The fraction of sp³-hybridized carbons (Fsp3) is 0.273. The third-order valence-electron chi connectivity index (χ3n) is 5.37. The molecule has 1 saturated heterocycles. The first-order valence-corrected chi connectivity index (χ1v) is 9.64. The summed E-state index contributed by atoms with van der Waals surface area (Å²) in [7, 11) is 0. The Hall–Kier alpha value is -3.50. The predicted molar refractivity (Wildman–Crippen MR) is 112 cm³/mol. The fourth-order valence-electron chi connectivity index (χ4n) is 3.70.